The van der Waals surface area contributed by atoms with Crippen LogP contribution in [-0.4, -0.2) is 23.9 Å². The van der Waals surface area contributed by atoms with Crippen LogP contribution in [0.3, 0.4) is 0 Å². The molecule has 132 valence electrons. The summed E-state index contributed by atoms with van der Waals surface area (Å²) in [5, 5.41) is 0. The van der Waals surface area contributed by atoms with Gasteiger partial charge >= 0.3 is 0 Å². The van der Waals surface area contributed by atoms with Crippen molar-refractivity contribution < 1.29 is 13.9 Å². The number of furan rings is 1. The fourth-order valence-electron chi connectivity index (χ4n) is 3.89. The van der Waals surface area contributed by atoms with Gasteiger partial charge in [0.2, 0.25) is 0 Å². The molecule has 4 heteroatoms. The van der Waals surface area contributed by atoms with Gasteiger partial charge in [-0.25, -0.2) is 0 Å². The summed E-state index contributed by atoms with van der Waals surface area (Å²) >= 11 is 0. The van der Waals surface area contributed by atoms with Crippen LogP contribution in [0, 0.1) is 5.92 Å². The standard InChI is InChI=1S/C21H25NO3/c1-15-4-3-11-22(13-15)21(23)20-10-9-19(25-20)14-24-18-8-7-16-5-2-6-17(16)12-18/h7-10,12,15H,2-6,11,13-14H2,1H3. The zero-order valence-corrected chi connectivity index (χ0v) is 14.8. The SMILES string of the molecule is CC1CCCN(C(=O)c2ccc(COc3ccc4c(c3)CCC4)o2)C1. The van der Waals surface area contributed by atoms with E-state index >= 15 is 0 Å². The summed E-state index contributed by atoms with van der Waals surface area (Å²) in [7, 11) is 0. The van der Waals surface area contributed by atoms with Gasteiger partial charge < -0.3 is 14.1 Å². The molecule has 1 aliphatic heterocycles. The highest BCUT2D eigenvalue weighted by atomic mass is 16.5. The van der Waals surface area contributed by atoms with Crippen LogP contribution >= 0.6 is 0 Å². The number of aryl methyl sites for hydroxylation is 2. The molecule has 2 aromatic rings. The third kappa shape index (κ3) is 3.58. The van der Waals surface area contributed by atoms with Gasteiger partial charge in [0, 0.05) is 13.1 Å². The van der Waals surface area contributed by atoms with Gasteiger partial charge in [0.25, 0.3) is 5.91 Å². The number of fused-ring (bicyclic) bond motifs is 1. The van der Waals surface area contributed by atoms with Crippen molar-refractivity contribution in [2.24, 2.45) is 5.92 Å². The Bertz CT molecular complexity index is 764. The fourth-order valence-corrected chi connectivity index (χ4v) is 3.89. The Balaban J connectivity index is 1.37. The molecule has 1 aromatic carbocycles. The molecule has 1 amide bonds. The smallest absolute Gasteiger partial charge is 0.289 e. The van der Waals surface area contributed by atoms with Crippen LogP contribution in [0.2, 0.25) is 0 Å². The highest BCUT2D eigenvalue weighted by molar-refractivity contribution is 5.91. The lowest BCUT2D eigenvalue weighted by Crippen LogP contribution is -2.38. The molecular formula is C21H25NO3. The number of rotatable bonds is 4. The van der Waals surface area contributed by atoms with Crippen LogP contribution in [0.4, 0.5) is 0 Å². The Labute approximate surface area is 148 Å². The molecule has 1 saturated heterocycles. The summed E-state index contributed by atoms with van der Waals surface area (Å²) in [5.41, 5.74) is 2.83. The largest absolute Gasteiger partial charge is 0.486 e. The minimum Gasteiger partial charge on any atom is -0.486 e. The van der Waals surface area contributed by atoms with Gasteiger partial charge in [0.15, 0.2) is 5.76 Å². The molecule has 0 N–H and O–H groups in total. The Morgan fingerprint density at radius 2 is 2.08 bits per heavy atom. The summed E-state index contributed by atoms with van der Waals surface area (Å²) in [6.45, 7) is 4.19. The molecule has 0 radical (unpaired) electrons. The van der Waals surface area contributed by atoms with Crippen LogP contribution in [0.1, 0.15) is 53.6 Å². The third-order valence-corrected chi connectivity index (χ3v) is 5.27. The maximum atomic E-state index is 12.6. The first-order chi connectivity index (χ1) is 12.2. The fraction of sp³-hybridized carbons (Fsp3) is 0.476. The van der Waals surface area contributed by atoms with Crippen molar-refractivity contribution >= 4 is 5.91 Å². The van der Waals surface area contributed by atoms with E-state index in [9.17, 15) is 4.79 Å². The van der Waals surface area contributed by atoms with E-state index in [0.29, 0.717) is 24.0 Å². The minimum atomic E-state index is -0.00432. The monoisotopic (exact) mass is 339 g/mol. The minimum absolute atomic E-state index is 0.00432. The molecule has 1 unspecified atom stereocenters. The molecule has 4 nitrogen and oxygen atoms in total. The molecule has 1 aliphatic carbocycles. The Morgan fingerprint density at radius 3 is 2.96 bits per heavy atom. The predicted molar refractivity (Wildman–Crippen MR) is 95.8 cm³/mol. The van der Waals surface area contributed by atoms with E-state index in [1.165, 1.54) is 30.4 Å². The van der Waals surface area contributed by atoms with Crippen molar-refractivity contribution in [2.45, 2.75) is 45.6 Å². The summed E-state index contributed by atoms with van der Waals surface area (Å²) in [4.78, 5) is 14.5. The highest BCUT2D eigenvalue weighted by Gasteiger charge is 2.24. The maximum Gasteiger partial charge on any atom is 0.289 e. The number of carbonyl (C=O) groups excluding carboxylic acids is 1. The lowest BCUT2D eigenvalue weighted by molar-refractivity contribution is 0.0647. The van der Waals surface area contributed by atoms with Gasteiger partial charge in [-0.2, -0.15) is 0 Å². The van der Waals surface area contributed by atoms with Gasteiger partial charge in [0.1, 0.15) is 18.1 Å². The molecule has 25 heavy (non-hydrogen) atoms. The van der Waals surface area contributed by atoms with Crippen molar-refractivity contribution in [3.8, 4) is 5.75 Å². The second-order valence-corrected chi connectivity index (χ2v) is 7.34. The van der Waals surface area contributed by atoms with Gasteiger partial charge in [-0.05, 0) is 73.4 Å². The van der Waals surface area contributed by atoms with Crippen LogP contribution < -0.4 is 4.74 Å². The quantitative estimate of drug-likeness (QED) is 0.837. The number of piperidine rings is 1. The Kier molecular flexibility index (Phi) is 4.51. The van der Waals surface area contributed by atoms with E-state index in [-0.39, 0.29) is 5.91 Å². The van der Waals surface area contributed by atoms with Crippen LogP contribution in [-0.2, 0) is 19.4 Å². The number of nitrogens with zero attached hydrogens (tertiary/aromatic N) is 1. The first-order valence-corrected chi connectivity index (χ1v) is 9.31. The van der Waals surface area contributed by atoms with Gasteiger partial charge in [0.05, 0.1) is 0 Å². The van der Waals surface area contributed by atoms with E-state index in [2.05, 4.69) is 19.1 Å². The van der Waals surface area contributed by atoms with Gasteiger partial charge in [-0.3, -0.25) is 4.79 Å². The number of carbonyl (C=O) groups is 1. The molecule has 1 aromatic heterocycles. The zero-order chi connectivity index (χ0) is 17.2. The molecule has 0 saturated carbocycles. The summed E-state index contributed by atoms with van der Waals surface area (Å²) in [6, 6.07) is 9.92. The second-order valence-electron chi connectivity index (χ2n) is 7.34. The Hall–Kier alpha value is -2.23. The third-order valence-electron chi connectivity index (χ3n) is 5.27. The van der Waals surface area contributed by atoms with E-state index in [1.54, 1.807) is 6.07 Å². The van der Waals surface area contributed by atoms with Crippen LogP contribution in [0.25, 0.3) is 0 Å². The highest BCUT2D eigenvalue weighted by Crippen LogP contribution is 2.26. The van der Waals surface area contributed by atoms with Gasteiger partial charge in [-0.15, -0.1) is 0 Å². The van der Waals surface area contributed by atoms with Crippen molar-refractivity contribution in [2.75, 3.05) is 13.1 Å². The topological polar surface area (TPSA) is 42.7 Å². The second kappa shape index (κ2) is 6.95. The number of benzene rings is 1. The number of likely N-dealkylation sites (tertiary alicyclic amines) is 1. The zero-order valence-electron chi connectivity index (χ0n) is 14.8. The number of amides is 1. The normalized spacial score (nSPS) is 19.7. The maximum absolute atomic E-state index is 12.6. The Morgan fingerprint density at radius 1 is 1.20 bits per heavy atom. The molecular weight excluding hydrogens is 314 g/mol. The molecule has 0 bridgehead atoms. The van der Waals surface area contributed by atoms with E-state index in [4.69, 9.17) is 9.15 Å². The van der Waals surface area contributed by atoms with Crippen LogP contribution in [0.5, 0.6) is 5.75 Å². The molecule has 0 spiro atoms. The van der Waals surface area contributed by atoms with E-state index in [1.807, 2.05) is 17.0 Å². The first-order valence-electron chi connectivity index (χ1n) is 9.31. The van der Waals surface area contributed by atoms with Gasteiger partial charge in [-0.1, -0.05) is 13.0 Å². The lowest BCUT2D eigenvalue weighted by Gasteiger charge is -2.30. The van der Waals surface area contributed by atoms with Crippen molar-refractivity contribution in [1.82, 2.24) is 4.90 Å². The van der Waals surface area contributed by atoms with Crippen molar-refractivity contribution in [3.05, 3.63) is 53.0 Å². The summed E-state index contributed by atoms with van der Waals surface area (Å²) in [6.07, 6.45) is 5.82. The average molecular weight is 339 g/mol. The summed E-state index contributed by atoms with van der Waals surface area (Å²) in [5.74, 6) is 2.54. The number of ether oxygens (including phenoxy) is 1. The van der Waals surface area contributed by atoms with E-state index in [0.717, 1.165) is 31.7 Å². The van der Waals surface area contributed by atoms with Crippen molar-refractivity contribution in [3.63, 3.8) is 0 Å². The molecule has 1 fully saturated rings. The first kappa shape index (κ1) is 16.2. The number of hydrogen-bond acceptors (Lipinski definition) is 3. The van der Waals surface area contributed by atoms with Crippen molar-refractivity contribution in [1.29, 1.82) is 0 Å². The van der Waals surface area contributed by atoms with Crippen LogP contribution in [0.15, 0.2) is 34.7 Å². The predicted octanol–water partition coefficient (Wildman–Crippen LogP) is 4.22. The lowest BCUT2D eigenvalue weighted by atomic mass is 10.0. The van der Waals surface area contributed by atoms with E-state index < -0.39 is 0 Å². The number of hydrogen-bond donors (Lipinski definition) is 0. The average Bonchev–Trinajstić information content (AvgIpc) is 3.28. The summed E-state index contributed by atoms with van der Waals surface area (Å²) < 4.78 is 11.6. The molecule has 2 heterocycles. The molecule has 4 rings (SSSR count). The molecule has 2 aliphatic rings. The molecule has 1 atom stereocenters.